The fourth-order valence-electron chi connectivity index (χ4n) is 3.18. The van der Waals surface area contributed by atoms with Crippen LogP contribution in [0.2, 0.25) is 0 Å². The van der Waals surface area contributed by atoms with Gasteiger partial charge in [0.1, 0.15) is 11.4 Å². The highest BCUT2D eigenvalue weighted by Crippen LogP contribution is 2.26. The molecule has 9 nitrogen and oxygen atoms in total. The number of carbonyl (C=O) groups is 1. The summed E-state index contributed by atoms with van der Waals surface area (Å²) in [6, 6.07) is 8.47. The Hall–Kier alpha value is -3.12. The van der Waals surface area contributed by atoms with E-state index in [9.17, 15) is 27.1 Å². The lowest BCUT2D eigenvalue weighted by atomic mass is 10.1. The Morgan fingerprint density at radius 1 is 1.17 bits per heavy atom. The maximum absolute atomic E-state index is 12.7. The molecule has 0 spiro atoms. The molecule has 12 heteroatoms. The minimum absolute atomic E-state index is 0.0468. The van der Waals surface area contributed by atoms with Gasteiger partial charge in [0.15, 0.2) is 6.10 Å². The average molecular weight is 437 g/mol. The van der Waals surface area contributed by atoms with Crippen molar-refractivity contribution in [1.29, 1.82) is 0 Å². The fourth-order valence-corrected chi connectivity index (χ4v) is 4.31. The third kappa shape index (κ3) is 3.71. The molecular formula is C18H17F2N5O4S. The molecule has 2 aromatic heterocycles. The molecule has 1 aromatic carbocycles. The molecule has 0 radical (unpaired) electrons. The number of aliphatic hydroxyl groups is 1. The highest BCUT2D eigenvalue weighted by Gasteiger charge is 2.32. The molecule has 0 saturated carbocycles. The summed E-state index contributed by atoms with van der Waals surface area (Å²) >= 11 is 0. The van der Waals surface area contributed by atoms with E-state index < -0.39 is 35.0 Å². The standard InChI is InChI=1S/C18H17F2N5O4S/c19-16(20)11-24-9-14(6-21-24)30(28,29)25-8-13-7-23(10-15(13)22-25)18(27)17(26)12-4-2-1-3-5-12/h1-6,8-9,16-17,26H,7,10-11H2/t17-/m0/s1. The fraction of sp³-hybridized carbons (Fsp3) is 0.278. The quantitative estimate of drug-likeness (QED) is 0.620. The Bertz CT molecular complexity index is 1150. The van der Waals surface area contributed by atoms with Crippen molar-refractivity contribution in [2.75, 3.05) is 0 Å². The van der Waals surface area contributed by atoms with E-state index in [2.05, 4.69) is 10.2 Å². The first-order valence-corrected chi connectivity index (χ1v) is 10.3. The molecule has 158 valence electrons. The van der Waals surface area contributed by atoms with E-state index >= 15 is 0 Å². The summed E-state index contributed by atoms with van der Waals surface area (Å²) in [5.41, 5.74) is 1.36. The molecule has 0 saturated heterocycles. The van der Waals surface area contributed by atoms with Gasteiger partial charge in [0.2, 0.25) is 0 Å². The van der Waals surface area contributed by atoms with Crippen LogP contribution in [0.4, 0.5) is 8.78 Å². The molecule has 3 aromatic rings. The number of amides is 1. The van der Waals surface area contributed by atoms with Gasteiger partial charge in [-0.25, -0.2) is 8.78 Å². The zero-order valence-corrected chi connectivity index (χ0v) is 16.3. The predicted molar refractivity (Wildman–Crippen MR) is 98.7 cm³/mol. The molecule has 3 heterocycles. The number of aromatic nitrogens is 4. The van der Waals surface area contributed by atoms with E-state index in [1.165, 1.54) is 11.1 Å². The summed E-state index contributed by atoms with van der Waals surface area (Å²) in [7, 11) is -4.10. The first kappa shape index (κ1) is 20.2. The van der Waals surface area contributed by atoms with E-state index in [1.54, 1.807) is 30.3 Å². The lowest BCUT2D eigenvalue weighted by molar-refractivity contribution is -0.141. The Labute approximate surface area is 170 Å². The van der Waals surface area contributed by atoms with Crippen molar-refractivity contribution in [3.05, 3.63) is 65.7 Å². The molecule has 1 amide bonds. The van der Waals surface area contributed by atoms with Gasteiger partial charge in [-0.1, -0.05) is 30.3 Å². The van der Waals surface area contributed by atoms with Gasteiger partial charge < -0.3 is 10.0 Å². The van der Waals surface area contributed by atoms with Crippen molar-refractivity contribution >= 4 is 15.9 Å². The monoisotopic (exact) mass is 437 g/mol. The van der Waals surface area contributed by atoms with Gasteiger partial charge in [0.05, 0.1) is 18.4 Å². The molecule has 4 rings (SSSR count). The largest absolute Gasteiger partial charge is 0.378 e. The van der Waals surface area contributed by atoms with Crippen LogP contribution < -0.4 is 0 Å². The van der Waals surface area contributed by atoms with Crippen molar-refractivity contribution in [2.24, 2.45) is 0 Å². The molecule has 1 N–H and O–H groups in total. The number of alkyl halides is 2. The summed E-state index contributed by atoms with van der Waals surface area (Å²) < 4.78 is 51.9. The van der Waals surface area contributed by atoms with Crippen LogP contribution in [0.5, 0.6) is 0 Å². The van der Waals surface area contributed by atoms with Crippen LogP contribution in [0.3, 0.4) is 0 Å². The zero-order chi connectivity index (χ0) is 21.5. The molecule has 0 aliphatic carbocycles. The smallest absolute Gasteiger partial charge is 0.286 e. The highest BCUT2D eigenvalue weighted by molar-refractivity contribution is 7.89. The van der Waals surface area contributed by atoms with Crippen molar-refractivity contribution in [2.45, 2.75) is 37.1 Å². The summed E-state index contributed by atoms with van der Waals surface area (Å²) in [4.78, 5) is 13.7. The topological polar surface area (TPSA) is 110 Å². The van der Waals surface area contributed by atoms with Gasteiger partial charge >= 0.3 is 0 Å². The number of hydrogen-bond acceptors (Lipinski definition) is 6. The normalized spacial score (nSPS) is 14.9. The second-order valence-electron chi connectivity index (χ2n) is 6.78. The summed E-state index contributed by atoms with van der Waals surface area (Å²) in [6.07, 6.45) is -0.718. The molecule has 1 aliphatic heterocycles. The number of aliphatic hydroxyl groups excluding tert-OH is 1. The lowest BCUT2D eigenvalue weighted by Crippen LogP contribution is -2.31. The summed E-state index contributed by atoms with van der Waals surface area (Å²) in [5, 5.41) is 18.0. The van der Waals surface area contributed by atoms with Crippen molar-refractivity contribution < 1.29 is 27.1 Å². The molecule has 1 atom stereocenters. The van der Waals surface area contributed by atoms with Crippen LogP contribution in [0.1, 0.15) is 22.9 Å². The van der Waals surface area contributed by atoms with Gasteiger partial charge in [-0.3, -0.25) is 9.48 Å². The van der Waals surface area contributed by atoms with Crippen molar-refractivity contribution in [3.8, 4) is 0 Å². The first-order valence-electron chi connectivity index (χ1n) is 8.91. The number of benzene rings is 1. The minimum atomic E-state index is -4.10. The van der Waals surface area contributed by atoms with E-state index in [1.807, 2.05) is 0 Å². The van der Waals surface area contributed by atoms with Crippen molar-refractivity contribution in [1.82, 2.24) is 23.9 Å². The maximum Gasteiger partial charge on any atom is 0.286 e. The van der Waals surface area contributed by atoms with Crippen LogP contribution in [0, 0.1) is 0 Å². The van der Waals surface area contributed by atoms with Gasteiger partial charge in [-0.05, 0) is 5.56 Å². The number of nitrogens with zero attached hydrogens (tertiary/aromatic N) is 5. The Kier molecular flexibility index (Phi) is 5.12. The Morgan fingerprint density at radius 2 is 1.90 bits per heavy atom. The molecule has 0 bridgehead atoms. The Morgan fingerprint density at radius 3 is 2.57 bits per heavy atom. The van der Waals surface area contributed by atoms with E-state index in [-0.39, 0.29) is 18.0 Å². The lowest BCUT2D eigenvalue weighted by Gasteiger charge is -2.19. The number of fused-ring (bicyclic) bond motifs is 1. The Balaban J connectivity index is 1.49. The van der Waals surface area contributed by atoms with E-state index in [0.717, 1.165) is 21.2 Å². The van der Waals surface area contributed by atoms with Crippen LogP contribution in [-0.2, 0) is 34.5 Å². The highest BCUT2D eigenvalue weighted by atomic mass is 32.2. The van der Waals surface area contributed by atoms with Gasteiger partial charge in [0.25, 0.3) is 22.4 Å². The molecule has 0 fully saturated rings. The first-order chi connectivity index (χ1) is 14.3. The van der Waals surface area contributed by atoms with Crippen LogP contribution in [0.15, 0.2) is 53.8 Å². The molecule has 1 aliphatic rings. The number of halogens is 2. The van der Waals surface area contributed by atoms with E-state index in [4.69, 9.17) is 0 Å². The number of rotatable bonds is 6. The number of hydrogen-bond donors (Lipinski definition) is 1. The van der Waals surface area contributed by atoms with E-state index in [0.29, 0.717) is 16.8 Å². The second-order valence-corrected chi connectivity index (χ2v) is 8.57. The predicted octanol–water partition coefficient (Wildman–Crippen LogP) is 1.16. The van der Waals surface area contributed by atoms with Gasteiger partial charge in [-0.2, -0.15) is 22.7 Å². The van der Waals surface area contributed by atoms with Crippen LogP contribution >= 0.6 is 0 Å². The zero-order valence-electron chi connectivity index (χ0n) is 15.5. The van der Waals surface area contributed by atoms with Crippen LogP contribution in [0.25, 0.3) is 0 Å². The molecule has 30 heavy (non-hydrogen) atoms. The third-order valence-corrected chi connectivity index (χ3v) is 6.18. The third-order valence-electron chi connectivity index (χ3n) is 4.70. The van der Waals surface area contributed by atoms with Gasteiger partial charge in [-0.15, -0.1) is 0 Å². The molecule has 0 unspecified atom stereocenters. The second kappa shape index (κ2) is 7.61. The summed E-state index contributed by atoms with van der Waals surface area (Å²) in [5.74, 6) is -0.512. The van der Waals surface area contributed by atoms with Crippen molar-refractivity contribution in [3.63, 3.8) is 0 Å². The average Bonchev–Trinajstić information content (AvgIpc) is 3.42. The SMILES string of the molecule is O=C([C@@H](O)c1ccccc1)N1Cc2cn(S(=O)(=O)c3cnn(CC(F)F)c3)nc2C1. The van der Waals surface area contributed by atoms with Gasteiger partial charge in [0, 0.05) is 24.5 Å². The van der Waals surface area contributed by atoms with Crippen LogP contribution in [-0.4, -0.2) is 49.7 Å². The maximum atomic E-state index is 12.7. The minimum Gasteiger partial charge on any atom is -0.378 e. The molecular weight excluding hydrogens is 420 g/mol. The summed E-state index contributed by atoms with van der Waals surface area (Å²) in [6.45, 7) is -0.574. The number of carbonyl (C=O) groups excluding carboxylic acids is 1.